The van der Waals surface area contributed by atoms with Crippen molar-refractivity contribution in [2.24, 2.45) is 5.92 Å². The predicted molar refractivity (Wildman–Crippen MR) is 106 cm³/mol. The summed E-state index contributed by atoms with van der Waals surface area (Å²) in [6.45, 7) is 2.19. The number of alkyl halides is 6. The van der Waals surface area contributed by atoms with Crippen LogP contribution in [0.5, 0.6) is 0 Å². The third-order valence-corrected chi connectivity index (χ3v) is 6.19. The van der Waals surface area contributed by atoms with E-state index in [-0.39, 0.29) is 5.56 Å². The van der Waals surface area contributed by atoms with E-state index in [4.69, 9.17) is 0 Å². The fraction of sp³-hybridized carbons (Fsp3) is 0.500. The number of halogens is 7. The van der Waals surface area contributed by atoms with Crippen molar-refractivity contribution in [3.8, 4) is 11.1 Å². The van der Waals surface area contributed by atoms with Crippen LogP contribution in [0, 0.1) is 11.7 Å². The molecule has 2 aromatic rings. The van der Waals surface area contributed by atoms with Crippen molar-refractivity contribution in [2.75, 3.05) is 0 Å². The summed E-state index contributed by atoms with van der Waals surface area (Å²) < 4.78 is 92.3. The largest absolute Gasteiger partial charge is 0.426 e. The number of hydrogen-bond acceptors (Lipinski definition) is 0. The first-order valence-electron chi connectivity index (χ1n) is 10.5. The maximum absolute atomic E-state index is 14.2. The summed E-state index contributed by atoms with van der Waals surface area (Å²) in [7, 11) is 0. The lowest BCUT2D eigenvalue weighted by Gasteiger charge is -2.28. The molecule has 0 aromatic heterocycles. The molecule has 1 atom stereocenters. The van der Waals surface area contributed by atoms with Crippen LogP contribution in [-0.2, 0) is 5.92 Å². The molecule has 7 heteroatoms. The van der Waals surface area contributed by atoms with Gasteiger partial charge >= 0.3 is 12.1 Å². The van der Waals surface area contributed by atoms with Gasteiger partial charge in [0.2, 0.25) is 0 Å². The van der Waals surface area contributed by atoms with E-state index in [0.717, 1.165) is 36.5 Å². The first-order chi connectivity index (χ1) is 14.5. The molecule has 1 fully saturated rings. The van der Waals surface area contributed by atoms with Crippen LogP contribution in [-0.4, -0.2) is 12.3 Å². The van der Waals surface area contributed by atoms with E-state index in [1.807, 2.05) is 12.1 Å². The molecule has 1 aliphatic rings. The lowest BCUT2D eigenvalue weighted by Crippen LogP contribution is -2.40. The fourth-order valence-electron chi connectivity index (χ4n) is 4.45. The molecular weight excluding hydrogens is 421 g/mol. The molecule has 0 heterocycles. The lowest BCUT2D eigenvalue weighted by atomic mass is 9.77. The van der Waals surface area contributed by atoms with Gasteiger partial charge in [0.1, 0.15) is 5.82 Å². The second-order valence-electron chi connectivity index (χ2n) is 8.35. The minimum Gasteiger partial charge on any atom is -0.230 e. The molecular formula is C24H25F7. The second kappa shape index (κ2) is 9.21. The SMILES string of the molecule is CCCC1CCC(c2ccc(-c3ccc(C(F)(F)C(F)C(F)(F)F)c(F)c3)cc2)CC1. The molecule has 0 radical (unpaired) electrons. The molecule has 1 saturated carbocycles. The van der Waals surface area contributed by atoms with Crippen molar-refractivity contribution in [3.63, 3.8) is 0 Å². The summed E-state index contributed by atoms with van der Waals surface area (Å²) >= 11 is 0. The highest BCUT2D eigenvalue weighted by Crippen LogP contribution is 2.43. The summed E-state index contributed by atoms with van der Waals surface area (Å²) in [4.78, 5) is 0. The summed E-state index contributed by atoms with van der Waals surface area (Å²) in [5.41, 5.74) is 0.330. The van der Waals surface area contributed by atoms with Crippen LogP contribution in [0.25, 0.3) is 11.1 Å². The Hall–Kier alpha value is -2.05. The summed E-state index contributed by atoms with van der Waals surface area (Å²) in [5.74, 6) is -5.36. The Morgan fingerprint density at radius 3 is 1.97 bits per heavy atom. The van der Waals surface area contributed by atoms with Gasteiger partial charge in [0.15, 0.2) is 0 Å². The van der Waals surface area contributed by atoms with E-state index in [2.05, 4.69) is 6.92 Å². The van der Waals surface area contributed by atoms with E-state index in [1.54, 1.807) is 12.1 Å². The number of benzene rings is 2. The van der Waals surface area contributed by atoms with Crippen LogP contribution in [0.3, 0.4) is 0 Å². The molecule has 0 aliphatic heterocycles. The van der Waals surface area contributed by atoms with Gasteiger partial charge in [-0.15, -0.1) is 0 Å². The summed E-state index contributed by atoms with van der Waals surface area (Å²) in [6.07, 6.45) is -3.25. The average Bonchev–Trinajstić information content (AvgIpc) is 2.73. The Kier molecular flexibility index (Phi) is 7.01. The minimum absolute atomic E-state index is 0.234. The molecule has 1 aliphatic carbocycles. The first-order valence-corrected chi connectivity index (χ1v) is 10.5. The molecule has 0 spiro atoms. The minimum atomic E-state index is -5.79. The van der Waals surface area contributed by atoms with Crippen LogP contribution in [0.4, 0.5) is 30.7 Å². The topological polar surface area (TPSA) is 0 Å². The molecule has 3 rings (SSSR count). The first kappa shape index (κ1) is 23.6. The van der Waals surface area contributed by atoms with Crippen molar-refractivity contribution in [1.82, 2.24) is 0 Å². The van der Waals surface area contributed by atoms with Crippen molar-refractivity contribution in [1.29, 1.82) is 0 Å². The zero-order valence-electron chi connectivity index (χ0n) is 17.2. The molecule has 31 heavy (non-hydrogen) atoms. The smallest absolute Gasteiger partial charge is 0.230 e. The Balaban J connectivity index is 1.75. The summed E-state index contributed by atoms with van der Waals surface area (Å²) in [6, 6.07) is 9.65. The normalized spacial score (nSPS) is 21.2. The standard InChI is InChI=1S/C24H25F7/c1-2-3-15-4-6-16(7-5-15)17-8-10-18(11-9-17)19-12-13-20(21(25)14-19)23(27,28)22(26)24(29,30)31/h8-16,22H,2-7H2,1H3. The Morgan fingerprint density at radius 2 is 1.45 bits per heavy atom. The Labute approximate surface area is 177 Å². The Bertz CT molecular complexity index is 862. The molecule has 2 aromatic carbocycles. The molecule has 0 bridgehead atoms. The summed E-state index contributed by atoms with van der Waals surface area (Å²) in [5, 5.41) is 0. The van der Waals surface area contributed by atoms with Gasteiger partial charge in [0, 0.05) is 0 Å². The monoisotopic (exact) mass is 446 g/mol. The van der Waals surface area contributed by atoms with E-state index in [1.165, 1.54) is 25.7 Å². The second-order valence-corrected chi connectivity index (χ2v) is 8.35. The molecule has 1 unspecified atom stereocenters. The highest BCUT2D eigenvalue weighted by atomic mass is 19.4. The highest BCUT2D eigenvalue weighted by molar-refractivity contribution is 5.64. The van der Waals surface area contributed by atoms with Gasteiger partial charge in [-0.2, -0.15) is 22.0 Å². The van der Waals surface area contributed by atoms with Gasteiger partial charge in [0.25, 0.3) is 6.17 Å². The number of rotatable bonds is 6. The van der Waals surface area contributed by atoms with E-state index >= 15 is 0 Å². The van der Waals surface area contributed by atoms with E-state index in [9.17, 15) is 30.7 Å². The third kappa shape index (κ3) is 5.24. The zero-order chi connectivity index (χ0) is 22.8. The van der Waals surface area contributed by atoms with Gasteiger partial charge in [0.05, 0.1) is 5.56 Å². The molecule has 170 valence electrons. The average molecular weight is 446 g/mol. The van der Waals surface area contributed by atoms with Gasteiger partial charge in [-0.25, -0.2) is 8.78 Å². The van der Waals surface area contributed by atoms with Crippen molar-refractivity contribution in [3.05, 3.63) is 59.4 Å². The van der Waals surface area contributed by atoms with Crippen molar-refractivity contribution < 1.29 is 30.7 Å². The molecule has 0 nitrogen and oxygen atoms in total. The van der Waals surface area contributed by atoms with Gasteiger partial charge in [-0.1, -0.05) is 50.1 Å². The highest BCUT2D eigenvalue weighted by Gasteiger charge is 2.58. The quantitative estimate of drug-likeness (QED) is 0.390. The van der Waals surface area contributed by atoms with E-state index in [0.29, 0.717) is 17.5 Å². The van der Waals surface area contributed by atoms with Gasteiger partial charge in [-0.05, 0) is 66.3 Å². The maximum Gasteiger partial charge on any atom is 0.426 e. The fourth-order valence-corrected chi connectivity index (χ4v) is 4.45. The molecule has 0 saturated heterocycles. The molecule has 0 N–H and O–H groups in total. The van der Waals surface area contributed by atoms with Crippen LogP contribution in [0.15, 0.2) is 42.5 Å². The number of hydrogen-bond donors (Lipinski definition) is 0. The van der Waals surface area contributed by atoms with Crippen LogP contribution in [0.2, 0.25) is 0 Å². The van der Waals surface area contributed by atoms with Crippen LogP contribution in [0.1, 0.15) is 62.5 Å². The predicted octanol–water partition coefficient (Wildman–Crippen LogP) is 8.56. The van der Waals surface area contributed by atoms with Crippen LogP contribution >= 0.6 is 0 Å². The van der Waals surface area contributed by atoms with Crippen molar-refractivity contribution >= 4 is 0 Å². The Morgan fingerprint density at radius 1 is 0.871 bits per heavy atom. The third-order valence-electron chi connectivity index (χ3n) is 6.19. The maximum atomic E-state index is 14.2. The van der Waals surface area contributed by atoms with Crippen molar-refractivity contribution in [2.45, 2.75) is 69.6 Å². The van der Waals surface area contributed by atoms with Crippen LogP contribution < -0.4 is 0 Å². The van der Waals surface area contributed by atoms with Gasteiger partial charge in [-0.3, -0.25) is 0 Å². The molecule has 0 amide bonds. The lowest BCUT2D eigenvalue weighted by molar-refractivity contribution is -0.248. The van der Waals surface area contributed by atoms with Gasteiger partial charge < -0.3 is 0 Å². The zero-order valence-corrected chi connectivity index (χ0v) is 17.2. The van der Waals surface area contributed by atoms with E-state index < -0.39 is 29.7 Å².